The summed E-state index contributed by atoms with van der Waals surface area (Å²) in [5, 5.41) is 12.1. The highest BCUT2D eigenvalue weighted by atomic mass is 16.4. The third-order valence-electron chi connectivity index (χ3n) is 3.17. The van der Waals surface area contributed by atoms with Crippen molar-refractivity contribution in [3.8, 4) is 0 Å². The lowest BCUT2D eigenvalue weighted by Crippen LogP contribution is -2.22. The number of carbonyl (C=O) groups is 1. The molecule has 0 amide bonds. The number of carboxylic acids is 1. The van der Waals surface area contributed by atoms with Gasteiger partial charge in [0.15, 0.2) is 0 Å². The summed E-state index contributed by atoms with van der Waals surface area (Å²) in [5.41, 5.74) is 0. The molecule has 0 aromatic rings. The number of aliphatic carboxylic acids is 1. The lowest BCUT2D eigenvalue weighted by atomic mass is 9.86. The molecule has 14 heavy (non-hydrogen) atoms. The molecular weight excluding hydrogens is 178 g/mol. The van der Waals surface area contributed by atoms with Crippen molar-refractivity contribution in [3.63, 3.8) is 0 Å². The van der Waals surface area contributed by atoms with E-state index in [1.54, 1.807) is 0 Å². The molecule has 0 bridgehead atoms. The van der Waals surface area contributed by atoms with Gasteiger partial charge < -0.3 is 10.4 Å². The van der Waals surface area contributed by atoms with Crippen molar-refractivity contribution in [1.29, 1.82) is 0 Å². The van der Waals surface area contributed by atoms with Gasteiger partial charge >= 0.3 is 5.97 Å². The van der Waals surface area contributed by atoms with Crippen LogP contribution in [0.25, 0.3) is 0 Å². The van der Waals surface area contributed by atoms with Crippen molar-refractivity contribution in [2.24, 2.45) is 11.8 Å². The first-order chi connectivity index (χ1) is 6.74. The molecule has 0 radical (unpaired) electrons. The van der Waals surface area contributed by atoms with E-state index in [1.165, 1.54) is 12.8 Å². The number of carboxylic acid groups (broad SMARTS) is 1. The van der Waals surface area contributed by atoms with E-state index in [0.29, 0.717) is 0 Å². The van der Waals surface area contributed by atoms with Crippen LogP contribution in [0.5, 0.6) is 0 Å². The zero-order valence-electron chi connectivity index (χ0n) is 8.96. The Balaban J connectivity index is 2.31. The van der Waals surface area contributed by atoms with Crippen LogP contribution in [-0.4, -0.2) is 24.7 Å². The Morgan fingerprint density at radius 1 is 1.29 bits per heavy atom. The third-order valence-corrected chi connectivity index (χ3v) is 3.17. The molecule has 0 aromatic carbocycles. The summed E-state index contributed by atoms with van der Waals surface area (Å²) in [5.74, 6) is 0.0809. The fourth-order valence-corrected chi connectivity index (χ4v) is 2.33. The largest absolute Gasteiger partial charge is 0.481 e. The zero-order chi connectivity index (χ0) is 10.4. The first-order valence-electron chi connectivity index (χ1n) is 5.61. The Hall–Kier alpha value is -0.570. The van der Waals surface area contributed by atoms with Gasteiger partial charge in [-0.3, -0.25) is 4.79 Å². The van der Waals surface area contributed by atoms with Gasteiger partial charge in [-0.2, -0.15) is 0 Å². The van der Waals surface area contributed by atoms with Crippen LogP contribution in [0.4, 0.5) is 0 Å². The van der Waals surface area contributed by atoms with Crippen molar-refractivity contribution in [1.82, 2.24) is 5.32 Å². The summed E-state index contributed by atoms with van der Waals surface area (Å²) in [6.45, 7) is 1.08. The van der Waals surface area contributed by atoms with Gasteiger partial charge in [-0.15, -0.1) is 0 Å². The fraction of sp³-hybridized carbons (Fsp3) is 0.909. The highest BCUT2D eigenvalue weighted by Gasteiger charge is 2.20. The van der Waals surface area contributed by atoms with Gasteiger partial charge in [0.25, 0.3) is 0 Å². The molecule has 0 aromatic heterocycles. The zero-order valence-corrected chi connectivity index (χ0v) is 8.96. The molecule has 0 heterocycles. The van der Waals surface area contributed by atoms with Crippen LogP contribution in [0.2, 0.25) is 0 Å². The lowest BCUT2D eigenvalue weighted by molar-refractivity contribution is -0.142. The molecular formula is C11H21NO2. The minimum absolute atomic E-state index is 0.0782. The normalized spacial score (nSPS) is 29.2. The number of rotatable bonds is 3. The molecule has 3 nitrogen and oxygen atoms in total. The maximum absolute atomic E-state index is 10.8. The predicted molar refractivity (Wildman–Crippen MR) is 56.2 cm³/mol. The van der Waals surface area contributed by atoms with Crippen molar-refractivity contribution in [2.75, 3.05) is 13.6 Å². The van der Waals surface area contributed by atoms with E-state index in [9.17, 15) is 4.79 Å². The number of hydrogen-bond donors (Lipinski definition) is 2. The summed E-state index contributed by atoms with van der Waals surface area (Å²) >= 11 is 0. The topological polar surface area (TPSA) is 49.3 Å². The summed E-state index contributed by atoms with van der Waals surface area (Å²) in [7, 11) is 1.98. The van der Waals surface area contributed by atoms with Gasteiger partial charge in [-0.05, 0) is 45.2 Å². The molecule has 3 heteroatoms. The molecule has 1 saturated carbocycles. The minimum atomic E-state index is -0.600. The van der Waals surface area contributed by atoms with E-state index in [2.05, 4.69) is 5.32 Å². The van der Waals surface area contributed by atoms with Crippen LogP contribution in [0.15, 0.2) is 0 Å². The van der Waals surface area contributed by atoms with Crippen LogP contribution in [0.3, 0.4) is 0 Å². The van der Waals surface area contributed by atoms with Gasteiger partial charge in [0.1, 0.15) is 0 Å². The van der Waals surface area contributed by atoms with Crippen LogP contribution in [0, 0.1) is 11.8 Å². The molecule has 0 spiro atoms. The smallest absolute Gasteiger partial charge is 0.306 e. The van der Waals surface area contributed by atoms with Crippen molar-refractivity contribution in [2.45, 2.75) is 38.5 Å². The van der Waals surface area contributed by atoms with E-state index < -0.39 is 5.97 Å². The Bertz CT molecular complexity index is 172. The standard InChI is InChI=1S/C11H21NO2/c1-12-8-9-4-2-6-10(11(13)14)7-3-5-9/h9-10,12H,2-8H2,1H3,(H,13,14). The van der Waals surface area contributed by atoms with Crippen molar-refractivity contribution in [3.05, 3.63) is 0 Å². The molecule has 1 aliphatic carbocycles. The van der Waals surface area contributed by atoms with Crippen LogP contribution < -0.4 is 5.32 Å². The highest BCUT2D eigenvalue weighted by Crippen LogP contribution is 2.25. The van der Waals surface area contributed by atoms with Crippen molar-refractivity contribution < 1.29 is 9.90 Å². The van der Waals surface area contributed by atoms with Gasteiger partial charge in [0.2, 0.25) is 0 Å². The fourth-order valence-electron chi connectivity index (χ4n) is 2.33. The molecule has 1 rings (SSSR count). The maximum atomic E-state index is 10.8. The van der Waals surface area contributed by atoms with Gasteiger partial charge in [0.05, 0.1) is 5.92 Å². The number of nitrogens with one attached hydrogen (secondary N) is 1. The molecule has 0 unspecified atom stereocenters. The van der Waals surface area contributed by atoms with E-state index in [0.717, 1.165) is 38.1 Å². The van der Waals surface area contributed by atoms with Crippen LogP contribution in [0.1, 0.15) is 38.5 Å². The van der Waals surface area contributed by atoms with E-state index >= 15 is 0 Å². The minimum Gasteiger partial charge on any atom is -0.481 e. The van der Waals surface area contributed by atoms with E-state index in [1.807, 2.05) is 7.05 Å². The van der Waals surface area contributed by atoms with Gasteiger partial charge in [-0.25, -0.2) is 0 Å². The quantitative estimate of drug-likeness (QED) is 0.729. The Morgan fingerprint density at radius 3 is 2.29 bits per heavy atom. The second kappa shape index (κ2) is 6.02. The first-order valence-corrected chi connectivity index (χ1v) is 5.61. The SMILES string of the molecule is CNCC1CCCC(C(=O)O)CCC1. The summed E-state index contributed by atoms with van der Waals surface area (Å²) in [6, 6.07) is 0. The monoisotopic (exact) mass is 199 g/mol. The molecule has 0 atom stereocenters. The van der Waals surface area contributed by atoms with Crippen molar-refractivity contribution >= 4 is 5.97 Å². The Morgan fingerprint density at radius 2 is 1.86 bits per heavy atom. The lowest BCUT2D eigenvalue weighted by Gasteiger charge is -2.22. The molecule has 2 N–H and O–H groups in total. The van der Waals surface area contributed by atoms with Crippen LogP contribution in [-0.2, 0) is 4.79 Å². The molecule has 1 fully saturated rings. The average Bonchev–Trinajstić information content (AvgIpc) is 2.08. The molecule has 1 aliphatic rings. The van der Waals surface area contributed by atoms with E-state index in [-0.39, 0.29) is 5.92 Å². The molecule has 0 aliphatic heterocycles. The second-order valence-electron chi connectivity index (χ2n) is 4.32. The summed E-state index contributed by atoms with van der Waals surface area (Å²) < 4.78 is 0. The predicted octanol–water partition coefficient (Wildman–Crippen LogP) is 1.88. The Labute approximate surface area is 85.9 Å². The van der Waals surface area contributed by atoms with Gasteiger partial charge in [-0.1, -0.05) is 12.8 Å². The molecule has 0 saturated heterocycles. The third kappa shape index (κ3) is 3.66. The maximum Gasteiger partial charge on any atom is 0.306 e. The average molecular weight is 199 g/mol. The first kappa shape index (κ1) is 11.5. The summed E-state index contributed by atoms with van der Waals surface area (Å²) in [6.07, 6.45) is 6.26. The van der Waals surface area contributed by atoms with Gasteiger partial charge in [0, 0.05) is 0 Å². The Kier molecular flexibility index (Phi) is 4.94. The van der Waals surface area contributed by atoms with Crippen LogP contribution >= 0.6 is 0 Å². The highest BCUT2D eigenvalue weighted by molar-refractivity contribution is 5.69. The molecule has 82 valence electrons. The summed E-state index contributed by atoms with van der Waals surface area (Å²) in [4.78, 5) is 10.8. The van der Waals surface area contributed by atoms with E-state index in [4.69, 9.17) is 5.11 Å². The number of hydrogen-bond acceptors (Lipinski definition) is 2. The second-order valence-corrected chi connectivity index (χ2v) is 4.32.